The molecule has 0 radical (unpaired) electrons. The predicted octanol–water partition coefficient (Wildman–Crippen LogP) is 8.70. The van der Waals surface area contributed by atoms with Crippen LogP contribution in [0.2, 0.25) is 0 Å². The molecule has 8 rings (SSSR count). The van der Waals surface area contributed by atoms with Gasteiger partial charge >= 0.3 is 0 Å². The Balaban J connectivity index is 1.37. The van der Waals surface area contributed by atoms with Gasteiger partial charge in [0.15, 0.2) is 0 Å². The fraction of sp³-hybridized carbons (Fsp3) is 0.0556. The average molecular weight is 501 g/mol. The van der Waals surface area contributed by atoms with Gasteiger partial charge in [0.1, 0.15) is 5.82 Å². The van der Waals surface area contributed by atoms with Crippen molar-refractivity contribution in [2.75, 3.05) is 0 Å². The first kappa shape index (κ1) is 22.0. The lowest BCUT2D eigenvalue weighted by Crippen LogP contribution is -2.18. The molecule has 0 spiro atoms. The van der Waals surface area contributed by atoms with Crippen LogP contribution in [0.15, 0.2) is 114 Å². The summed E-state index contributed by atoms with van der Waals surface area (Å²) in [6.45, 7) is 3.92. The summed E-state index contributed by atoms with van der Waals surface area (Å²) in [5, 5.41) is 8.63. The molecule has 0 saturated heterocycles. The van der Waals surface area contributed by atoms with E-state index in [9.17, 15) is 4.79 Å². The monoisotopic (exact) mass is 500 g/mol. The largest absolute Gasteiger partial charge is 0.269 e. The molecule has 0 bridgehead atoms. The summed E-state index contributed by atoms with van der Waals surface area (Å²) >= 11 is 0. The van der Waals surface area contributed by atoms with Crippen molar-refractivity contribution in [1.29, 1.82) is 0 Å². The van der Waals surface area contributed by atoms with Crippen LogP contribution in [0.5, 0.6) is 0 Å². The van der Waals surface area contributed by atoms with Crippen molar-refractivity contribution in [3.8, 4) is 22.5 Å². The molecule has 3 heteroatoms. The van der Waals surface area contributed by atoms with Crippen LogP contribution in [0.25, 0.3) is 71.3 Å². The number of aryl methyl sites for hydroxylation is 1. The third-order valence-corrected chi connectivity index (χ3v) is 8.37. The Morgan fingerprint density at radius 1 is 0.513 bits per heavy atom. The molecule has 0 aliphatic carbocycles. The number of pyridine rings is 1. The van der Waals surface area contributed by atoms with Gasteiger partial charge in [-0.3, -0.25) is 9.20 Å². The van der Waals surface area contributed by atoms with Gasteiger partial charge in [0.05, 0.1) is 11.0 Å². The molecule has 0 aliphatic heterocycles. The third kappa shape index (κ3) is 3.04. The van der Waals surface area contributed by atoms with E-state index in [0.29, 0.717) is 5.82 Å². The first-order valence-electron chi connectivity index (χ1n) is 13.3. The molecular weight excluding hydrogens is 476 g/mol. The van der Waals surface area contributed by atoms with E-state index in [0.717, 1.165) is 44.2 Å². The molecule has 0 atom stereocenters. The molecule has 0 N–H and O–H groups in total. The normalized spacial score (nSPS) is 11.9. The van der Waals surface area contributed by atoms with E-state index in [1.165, 1.54) is 32.3 Å². The standard InChI is InChI=1S/C36H24N2O/c1-21-22(2)36(39)38-34-26(21)15-8-16-33(34)37-35(38)25-10-7-9-23(19-25)24-17-18-31-29-13-4-3-11-27(29)28-12-5-6-14-30(28)32(31)20-24/h3-20H,1-2H3. The number of hydrogen-bond donors (Lipinski definition) is 0. The van der Waals surface area contributed by atoms with Crippen LogP contribution in [0.4, 0.5) is 0 Å². The second kappa shape index (κ2) is 7.99. The Morgan fingerprint density at radius 3 is 1.79 bits per heavy atom. The highest BCUT2D eigenvalue weighted by atomic mass is 16.1. The van der Waals surface area contributed by atoms with E-state index in [-0.39, 0.29) is 5.56 Å². The van der Waals surface area contributed by atoms with Crippen molar-refractivity contribution in [3.05, 3.63) is 131 Å². The van der Waals surface area contributed by atoms with Gasteiger partial charge in [-0.15, -0.1) is 0 Å². The minimum absolute atomic E-state index is 0.00171. The van der Waals surface area contributed by atoms with Crippen LogP contribution in [0, 0.1) is 13.8 Å². The summed E-state index contributed by atoms with van der Waals surface area (Å²) in [7, 11) is 0. The minimum atomic E-state index is -0.00171. The van der Waals surface area contributed by atoms with Crippen molar-refractivity contribution < 1.29 is 0 Å². The Morgan fingerprint density at radius 2 is 1.08 bits per heavy atom. The van der Waals surface area contributed by atoms with Gasteiger partial charge in [-0.1, -0.05) is 91.0 Å². The highest BCUT2D eigenvalue weighted by Gasteiger charge is 2.19. The number of hydrogen-bond acceptors (Lipinski definition) is 2. The molecule has 2 heterocycles. The van der Waals surface area contributed by atoms with Gasteiger partial charge in [0.2, 0.25) is 0 Å². The number of rotatable bonds is 2. The van der Waals surface area contributed by atoms with E-state index >= 15 is 0 Å². The SMILES string of the molecule is Cc1c(C)c2cccc3nc(-c4cccc(-c5ccc6c7ccccc7c7ccccc7c6c5)c4)n(c1=O)c32. The Bertz CT molecular complexity index is 2290. The Hall–Kier alpha value is -5.02. The Labute approximate surface area is 224 Å². The third-order valence-electron chi connectivity index (χ3n) is 8.37. The number of nitrogens with zero attached hydrogens (tertiary/aromatic N) is 2. The number of para-hydroxylation sites is 1. The van der Waals surface area contributed by atoms with E-state index < -0.39 is 0 Å². The molecule has 39 heavy (non-hydrogen) atoms. The second-order valence-corrected chi connectivity index (χ2v) is 10.4. The van der Waals surface area contributed by atoms with E-state index in [1.807, 2.05) is 32.0 Å². The number of benzene rings is 6. The van der Waals surface area contributed by atoms with Gasteiger partial charge in [-0.05, 0) is 81.1 Å². The molecular formula is C36H24N2O. The molecule has 0 aliphatic rings. The predicted molar refractivity (Wildman–Crippen MR) is 163 cm³/mol. The maximum atomic E-state index is 13.5. The van der Waals surface area contributed by atoms with Crippen molar-refractivity contribution >= 4 is 48.7 Å². The fourth-order valence-electron chi connectivity index (χ4n) is 6.28. The quantitative estimate of drug-likeness (QED) is 0.223. The van der Waals surface area contributed by atoms with Crippen LogP contribution in [0.1, 0.15) is 11.1 Å². The van der Waals surface area contributed by atoms with E-state index in [4.69, 9.17) is 4.98 Å². The van der Waals surface area contributed by atoms with Crippen molar-refractivity contribution in [1.82, 2.24) is 9.38 Å². The van der Waals surface area contributed by atoms with Gasteiger partial charge in [-0.2, -0.15) is 0 Å². The first-order chi connectivity index (χ1) is 19.1. The molecule has 184 valence electrons. The molecule has 2 aromatic heterocycles. The lowest BCUT2D eigenvalue weighted by Gasteiger charge is -2.12. The van der Waals surface area contributed by atoms with Gasteiger partial charge in [-0.25, -0.2) is 4.98 Å². The molecule has 3 nitrogen and oxygen atoms in total. The van der Waals surface area contributed by atoms with E-state index in [1.54, 1.807) is 4.40 Å². The number of aromatic nitrogens is 2. The van der Waals surface area contributed by atoms with Crippen LogP contribution in [-0.4, -0.2) is 9.38 Å². The highest BCUT2D eigenvalue weighted by Crippen LogP contribution is 2.38. The van der Waals surface area contributed by atoms with Gasteiger partial charge in [0.25, 0.3) is 5.56 Å². The number of imidazole rings is 1. The highest BCUT2D eigenvalue weighted by molar-refractivity contribution is 6.25. The molecule has 0 saturated carbocycles. The fourth-order valence-corrected chi connectivity index (χ4v) is 6.28. The lowest BCUT2D eigenvalue weighted by atomic mass is 9.92. The summed E-state index contributed by atoms with van der Waals surface area (Å²) in [5.41, 5.74) is 6.69. The van der Waals surface area contributed by atoms with Crippen LogP contribution in [-0.2, 0) is 0 Å². The molecule has 0 unspecified atom stereocenters. The zero-order valence-electron chi connectivity index (χ0n) is 21.7. The molecule has 0 fully saturated rings. The van der Waals surface area contributed by atoms with Gasteiger partial charge < -0.3 is 0 Å². The molecule has 6 aromatic carbocycles. The average Bonchev–Trinajstić information content (AvgIpc) is 3.39. The maximum Gasteiger partial charge on any atom is 0.260 e. The zero-order chi connectivity index (χ0) is 26.2. The van der Waals surface area contributed by atoms with E-state index in [2.05, 4.69) is 91.0 Å². The summed E-state index contributed by atoms with van der Waals surface area (Å²) < 4.78 is 1.80. The first-order valence-corrected chi connectivity index (χ1v) is 13.3. The van der Waals surface area contributed by atoms with Crippen LogP contribution in [0.3, 0.4) is 0 Å². The van der Waals surface area contributed by atoms with Crippen molar-refractivity contribution in [2.24, 2.45) is 0 Å². The summed E-state index contributed by atoms with van der Waals surface area (Å²) in [5.74, 6) is 0.688. The van der Waals surface area contributed by atoms with Crippen LogP contribution < -0.4 is 5.56 Å². The maximum absolute atomic E-state index is 13.5. The minimum Gasteiger partial charge on any atom is -0.269 e. The topological polar surface area (TPSA) is 34.4 Å². The zero-order valence-corrected chi connectivity index (χ0v) is 21.7. The van der Waals surface area contributed by atoms with Crippen molar-refractivity contribution in [2.45, 2.75) is 13.8 Å². The van der Waals surface area contributed by atoms with Gasteiger partial charge in [0, 0.05) is 16.5 Å². The summed E-state index contributed by atoms with van der Waals surface area (Å²) in [6.07, 6.45) is 0. The lowest BCUT2D eigenvalue weighted by molar-refractivity contribution is 1.07. The molecule has 0 amide bonds. The Kier molecular flexibility index (Phi) is 4.51. The number of fused-ring (bicyclic) bond motifs is 6. The molecule has 8 aromatic rings. The smallest absolute Gasteiger partial charge is 0.260 e. The second-order valence-electron chi connectivity index (χ2n) is 10.4. The summed E-state index contributed by atoms with van der Waals surface area (Å²) in [4.78, 5) is 18.4. The van der Waals surface area contributed by atoms with Crippen LogP contribution >= 0.6 is 0 Å². The van der Waals surface area contributed by atoms with Crippen molar-refractivity contribution in [3.63, 3.8) is 0 Å². The summed E-state index contributed by atoms with van der Waals surface area (Å²) in [6, 6.07) is 38.5.